The van der Waals surface area contributed by atoms with Crippen LogP contribution >= 0.6 is 0 Å². The van der Waals surface area contributed by atoms with Crippen molar-refractivity contribution in [3.05, 3.63) is 12.2 Å². The zero-order chi connectivity index (χ0) is 13.9. The van der Waals surface area contributed by atoms with Crippen LogP contribution < -0.4 is 0 Å². The fraction of sp³-hybridized carbons (Fsp3) is 0.833. The smallest absolute Gasteiger partial charge is 0.309 e. The fourth-order valence-electron chi connectivity index (χ4n) is 6.19. The fourth-order valence-corrected chi connectivity index (χ4v) is 6.19. The van der Waals surface area contributed by atoms with Crippen molar-refractivity contribution in [1.82, 2.24) is 0 Å². The summed E-state index contributed by atoms with van der Waals surface area (Å²) in [5.41, 5.74) is 0.504. The third-order valence-corrected chi connectivity index (χ3v) is 7.09. The lowest BCUT2D eigenvalue weighted by Crippen LogP contribution is -2.42. The molecule has 110 valence electrons. The van der Waals surface area contributed by atoms with Crippen molar-refractivity contribution in [3.8, 4) is 0 Å². The van der Waals surface area contributed by atoms with Crippen molar-refractivity contribution in [3.63, 3.8) is 0 Å². The van der Waals surface area contributed by atoms with E-state index in [-0.39, 0.29) is 11.9 Å². The molecule has 20 heavy (non-hydrogen) atoms. The average molecular weight is 274 g/mol. The van der Waals surface area contributed by atoms with Crippen LogP contribution in [0.2, 0.25) is 0 Å². The number of carbonyl (C=O) groups excluding carboxylic acids is 1. The lowest BCUT2D eigenvalue weighted by Gasteiger charge is -2.44. The van der Waals surface area contributed by atoms with Crippen molar-refractivity contribution in [1.29, 1.82) is 0 Å². The van der Waals surface area contributed by atoms with Crippen LogP contribution in [0.25, 0.3) is 0 Å². The third-order valence-electron chi connectivity index (χ3n) is 7.09. The van der Waals surface area contributed by atoms with E-state index in [4.69, 9.17) is 4.74 Å². The Morgan fingerprint density at radius 1 is 1.30 bits per heavy atom. The van der Waals surface area contributed by atoms with E-state index in [2.05, 4.69) is 26.0 Å². The van der Waals surface area contributed by atoms with Crippen molar-refractivity contribution in [2.75, 3.05) is 6.61 Å². The molecule has 0 aromatic heterocycles. The second-order valence-corrected chi connectivity index (χ2v) is 7.74. The predicted molar refractivity (Wildman–Crippen MR) is 77.9 cm³/mol. The molecule has 7 unspecified atom stereocenters. The van der Waals surface area contributed by atoms with Crippen LogP contribution in [0, 0.1) is 40.9 Å². The first-order chi connectivity index (χ1) is 9.66. The molecule has 0 spiro atoms. The van der Waals surface area contributed by atoms with E-state index < -0.39 is 0 Å². The van der Waals surface area contributed by atoms with Gasteiger partial charge in [0.1, 0.15) is 0 Å². The Morgan fingerprint density at radius 2 is 2.15 bits per heavy atom. The van der Waals surface area contributed by atoms with Gasteiger partial charge in [0.25, 0.3) is 0 Å². The molecule has 3 fully saturated rings. The molecule has 4 aliphatic carbocycles. The Labute approximate surface area is 122 Å². The van der Waals surface area contributed by atoms with Crippen LogP contribution in [0.4, 0.5) is 0 Å². The molecule has 2 nitrogen and oxygen atoms in total. The van der Waals surface area contributed by atoms with E-state index in [9.17, 15) is 4.79 Å². The molecule has 7 atom stereocenters. The van der Waals surface area contributed by atoms with Crippen molar-refractivity contribution >= 4 is 5.97 Å². The predicted octanol–water partition coefficient (Wildman–Crippen LogP) is 3.81. The highest BCUT2D eigenvalue weighted by atomic mass is 16.5. The number of carbonyl (C=O) groups is 1. The highest BCUT2D eigenvalue weighted by Gasteiger charge is 2.68. The van der Waals surface area contributed by atoms with Gasteiger partial charge in [-0.25, -0.2) is 0 Å². The Hall–Kier alpha value is -0.790. The van der Waals surface area contributed by atoms with E-state index in [0.717, 1.165) is 42.9 Å². The van der Waals surface area contributed by atoms with Gasteiger partial charge < -0.3 is 4.74 Å². The van der Waals surface area contributed by atoms with Gasteiger partial charge in [-0.2, -0.15) is 0 Å². The standard InChI is InChI=1S/C18H26O2/c1-3-4-7-20-17(19)15-10-13-9-14(15)16-11-5-6-12(8-11)18(13,16)2/h5-6,11-16H,3-4,7-10H2,1-2H3. The first-order valence-corrected chi connectivity index (χ1v) is 8.51. The minimum Gasteiger partial charge on any atom is -0.465 e. The monoisotopic (exact) mass is 274 g/mol. The molecule has 4 rings (SSSR count). The number of allylic oxidation sites excluding steroid dienone is 2. The summed E-state index contributed by atoms with van der Waals surface area (Å²) in [5, 5.41) is 0. The number of hydrogen-bond acceptors (Lipinski definition) is 2. The second-order valence-electron chi connectivity index (χ2n) is 7.74. The molecule has 4 bridgehead atoms. The summed E-state index contributed by atoms with van der Waals surface area (Å²) in [4.78, 5) is 12.4. The van der Waals surface area contributed by atoms with Crippen LogP contribution in [0.3, 0.4) is 0 Å². The van der Waals surface area contributed by atoms with E-state index in [1.165, 1.54) is 12.8 Å². The lowest BCUT2D eigenvalue weighted by atomic mass is 9.60. The molecule has 3 saturated carbocycles. The van der Waals surface area contributed by atoms with Gasteiger partial charge in [0.05, 0.1) is 12.5 Å². The van der Waals surface area contributed by atoms with Gasteiger partial charge in [-0.05, 0) is 60.7 Å². The number of hydrogen-bond donors (Lipinski definition) is 0. The largest absolute Gasteiger partial charge is 0.465 e. The Kier molecular flexibility index (Phi) is 2.81. The first-order valence-electron chi connectivity index (χ1n) is 8.51. The maximum atomic E-state index is 12.4. The number of esters is 1. The molecule has 0 amide bonds. The van der Waals surface area contributed by atoms with Crippen molar-refractivity contribution in [2.24, 2.45) is 40.9 Å². The van der Waals surface area contributed by atoms with Crippen LogP contribution in [0.1, 0.15) is 46.0 Å². The summed E-state index contributed by atoms with van der Waals surface area (Å²) in [6.07, 6.45) is 10.7. The molecule has 0 aromatic rings. The second kappa shape index (κ2) is 4.35. The molecule has 0 aliphatic heterocycles. The number of unbranched alkanes of at least 4 members (excludes halogenated alkanes) is 1. The van der Waals surface area contributed by atoms with Crippen LogP contribution in [-0.4, -0.2) is 12.6 Å². The topological polar surface area (TPSA) is 26.3 Å². The van der Waals surface area contributed by atoms with Gasteiger partial charge >= 0.3 is 5.97 Å². The van der Waals surface area contributed by atoms with Crippen molar-refractivity contribution < 1.29 is 9.53 Å². The summed E-state index contributed by atoms with van der Waals surface area (Å²) in [5.74, 6) is 4.01. The molecule has 0 N–H and O–H groups in total. The zero-order valence-electron chi connectivity index (χ0n) is 12.7. The molecule has 2 heteroatoms. The lowest BCUT2D eigenvalue weighted by molar-refractivity contribution is -0.152. The van der Waals surface area contributed by atoms with E-state index in [1.54, 1.807) is 0 Å². The normalized spacial score (nSPS) is 50.7. The molecular formula is C18H26O2. The van der Waals surface area contributed by atoms with Crippen LogP contribution in [0.15, 0.2) is 12.2 Å². The number of rotatable bonds is 4. The van der Waals surface area contributed by atoms with Gasteiger partial charge in [0.2, 0.25) is 0 Å². The average Bonchev–Trinajstić information content (AvgIpc) is 3.15. The highest BCUT2D eigenvalue weighted by molar-refractivity contribution is 5.73. The Bertz CT molecular complexity index is 454. The summed E-state index contributed by atoms with van der Waals surface area (Å²) in [6.45, 7) is 5.27. The minimum atomic E-state index is 0.111. The quantitative estimate of drug-likeness (QED) is 0.337. The van der Waals surface area contributed by atoms with Gasteiger partial charge in [0, 0.05) is 0 Å². The van der Waals surface area contributed by atoms with Gasteiger partial charge in [0.15, 0.2) is 0 Å². The third kappa shape index (κ3) is 1.48. The van der Waals surface area contributed by atoms with E-state index >= 15 is 0 Å². The molecule has 0 saturated heterocycles. The van der Waals surface area contributed by atoms with Crippen LogP contribution in [-0.2, 0) is 9.53 Å². The Balaban J connectivity index is 1.50. The zero-order valence-corrected chi connectivity index (χ0v) is 12.7. The van der Waals surface area contributed by atoms with Crippen LogP contribution in [0.5, 0.6) is 0 Å². The first kappa shape index (κ1) is 12.9. The van der Waals surface area contributed by atoms with Crippen molar-refractivity contribution in [2.45, 2.75) is 46.0 Å². The van der Waals surface area contributed by atoms with Gasteiger partial charge in [-0.1, -0.05) is 32.4 Å². The molecule has 0 heterocycles. The maximum absolute atomic E-state index is 12.4. The molecule has 0 aromatic carbocycles. The van der Waals surface area contributed by atoms with Gasteiger partial charge in [-0.15, -0.1) is 0 Å². The number of ether oxygens (including phenoxy) is 1. The number of fused-ring (bicyclic) bond motifs is 9. The minimum absolute atomic E-state index is 0.111. The highest BCUT2D eigenvalue weighted by Crippen LogP contribution is 2.73. The SMILES string of the molecule is CCCCOC(=O)C1CC2CC1C1C3C=CC(C3)C21C. The molecule has 4 aliphatic rings. The molecule has 0 radical (unpaired) electrons. The van der Waals surface area contributed by atoms with E-state index in [0.29, 0.717) is 17.9 Å². The van der Waals surface area contributed by atoms with Gasteiger partial charge in [-0.3, -0.25) is 4.79 Å². The Morgan fingerprint density at radius 3 is 2.95 bits per heavy atom. The van der Waals surface area contributed by atoms with E-state index in [1.807, 2.05) is 0 Å². The summed E-state index contributed by atoms with van der Waals surface area (Å²) in [7, 11) is 0. The summed E-state index contributed by atoms with van der Waals surface area (Å²) < 4.78 is 5.52. The maximum Gasteiger partial charge on any atom is 0.309 e. The summed E-state index contributed by atoms with van der Waals surface area (Å²) >= 11 is 0. The molecular weight excluding hydrogens is 248 g/mol. The summed E-state index contributed by atoms with van der Waals surface area (Å²) in [6, 6.07) is 0.